The standard InChI is InChI=1S/C22H20FNO4/c1-14-8-19(20(25)12-26-18-5-3-4-17(23)10-18)15(2)24(14)11-16-6-7-21-22(9-16)28-13-27-21/h3-10H,11-13H2,1-2H3. The predicted molar refractivity (Wildman–Crippen MR) is 102 cm³/mol. The van der Waals surface area contributed by atoms with Crippen LogP contribution in [-0.4, -0.2) is 23.8 Å². The number of benzene rings is 2. The Morgan fingerprint density at radius 1 is 1.11 bits per heavy atom. The number of aromatic nitrogens is 1. The van der Waals surface area contributed by atoms with Crippen molar-refractivity contribution in [3.63, 3.8) is 0 Å². The van der Waals surface area contributed by atoms with Crippen molar-refractivity contribution in [2.75, 3.05) is 13.4 Å². The van der Waals surface area contributed by atoms with Crippen molar-refractivity contribution in [1.82, 2.24) is 4.57 Å². The number of ketones is 1. The molecule has 0 saturated heterocycles. The molecule has 5 nitrogen and oxygen atoms in total. The van der Waals surface area contributed by atoms with Gasteiger partial charge in [0.2, 0.25) is 12.6 Å². The minimum absolute atomic E-state index is 0.141. The molecule has 0 radical (unpaired) electrons. The van der Waals surface area contributed by atoms with Crippen LogP contribution in [0.4, 0.5) is 4.39 Å². The zero-order chi connectivity index (χ0) is 19.7. The highest BCUT2D eigenvalue weighted by Gasteiger charge is 2.18. The SMILES string of the molecule is Cc1cc(C(=O)COc2cccc(F)c2)c(C)n1Cc1ccc2c(c1)OCO2. The van der Waals surface area contributed by atoms with Gasteiger partial charge in [-0.2, -0.15) is 0 Å². The van der Waals surface area contributed by atoms with Gasteiger partial charge in [-0.1, -0.05) is 12.1 Å². The third-order valence-corrected chi connectivity index (χ3v) is 4.82. The Kier molecular flexibility index (Phi) is 4.77. The van der Waals surface area contributed by atoms with Crippen LogP contribution in [0.3, 0.4) is 0 Å². The minimum atomic E-state index is -0.396. The van der Waals surface area contributed by atoms with Crippen molar-refractivity contribution in [2.45, 2.75) is 20.4 Å². The first-order chi connectivity index (χ1) is 13.5. The first kappa shape index (κ1) is 18.1. The topological polar surface area (TPSA) is 49.7 Å². The van der Waals surface area contributed by atoms with Gasteiger partial charge >= 0.3 is 0 Å². The number of ether oxygens (including phenoxy) is 3. The molecule has 0 unspecified atom stereocenters. The van der Waals surface area contributed by atoms with Gasteiger partial charge in [0.15, 0.2) is 18.1 Å². The molecule has 2 heterocycles. The van der Waals surface area contributed by atoms with Crippen molar-refractivity contribution in [3.8, 4) is 17.2 Å². The summed E-state index contributed by atoms with van der Waals surface area (Å²) in [5.41, 5.74) is 3.50. The normalized spacial score (nSPS) is 12.2. The molecule has 1 aromatic heterocycles. The highest BCUT2D eigenvalue weighted by atomic mass is 19.1. The number of nitrogens with zero attached hydrogens (tertiary/aromatic N) is 1. The molecule has 144 valence electrons. The Hall–Kier alpha value is -3.28. The molecule has 0 fully saturated rings. The average molecular weight is 381 g/mol. The maximum absolute atomic E-state index is 13.2. The second-order valence-corrected chi connectivity index (χ2v) is 6.73. The average Bonchev–Trinajstić information content (AvgIpc) is 3.25. The van der Waals surface area contributed by atoms with E-state index in [2.05, 4.69) is 4.57 Å². The Balaban J connectivity index is 1.49. The summed E-state index contributed by atoms with van der Waals surface area (Å²) in [5.74, 6) is 1.28. The molecule has 4 rings (SSSR count). The molecule has 0 amide bonds. The van der Waals surface area contributed by atoms with Gasteiger partial charge in [0.25, 0.3) is 0 Å². The Morgan fingerprint density at radius 3 is 2.75 bits per heavy atom. The molecule has 0 N–H and O–H groups in total. The second kappa shape index (κ2) is 7.38. The fourth-order valence-corrected chi connectivity index (χ4v) is 3.33. The van der Waals surface area contributed by atoms with Gasteiger partial charge in [0, 0.05) is 29.6 Å². The van der Waals surface area contributed by atoms with Crippen LogP contribution in [0.2, 0.25) is 0 Å². The van der Waals surface area contributed by atoms with Crippen LogP contribution in [0.5, 0.6) is 17.2 Å². The second-order valence-electron chi connectivity index (χ2n) is 6.73. The highest BCUT2D eigenvalue weighted by Crippen LogP contribution is 2.33. The van der Waals surface area contributed by atoms with Gasteiger partial charge in [-0.15, -0.1) is 0 Å². The molecule has 0 spiro atoms. The molecule has 0 saturated carbocycles. The van der Waals surface area contributed by atoms with E-state index in [-0.39, 0.29) is 19.2 Å². The molecular formula is C22H20FNO4. The largest absolute Gasteiger partial charge is 0.485 e. The Labute approximate surface area is 162 Å². The summed E-state index contributed by atoms with van der Waals surface area (Å²) < 4.78 is 31.5. The Morgan fingerprint density at radius 2 is 1.93 bits per heavy atom. The lowest BCUT2D eigenvalue weighted by Crippen LogP contribution is -2.13. The van der Waals surface area contributed by atoms with E-state index in [1.54, 1.807) is 12.1 Å². The van der Waals surface area contributed by atoms with Crippen molar-refractivity contribution < 1.29 is 23.4 Å². The van der Waals surface area contributed by atoms with Gasteiger partial charge in [-0.05, 0) is 49.7 Å². The number of carbonyl (C=O) groups is 1. The van der Waals surface area contributed by atoms with Crippen molar-refractivity contribution in [1.29, 1.82) is 0 Å². The fraction of sp³-hybridized carbons (Fsp3) is 0.227. The van der Waals surface area contributed by atoms with Crippen molar-refractivity contribution >= 4 is 5.78 Å². The van der Waals surface area contributed by atoms with E-state index in [9.17, 15) is 9.18 Å². The summed E-state index contributed by atoms with van der Waals surface area (Å²) in [6.45, 7) is 4.59. The molecule has 0 bridgehead atoms. The van der Waals surface area contributed by atoms with Gasteiger partial charge in [-0.3, -0.25) is 4.79 Å². The number of Topliss-reactive ketones (excluding diaryl/α,β-unsaturated/α-hetero) is 1. The van der Waals surface area contributed by atoms with Crippen LogP contribution >= 0.6 is 0 Å². The molecule has 28 heavy (non-hydrogen) atoms. The predicted octanol–water partition coefficient (Wildman–Crippen LogP) is 4.28. The van der Waals surface area contributed by atoms with E-state index in [0.717, 1.165) is 28.5 Å². The molecule has 6 heteroatoms. The first-order valence-electron chi connectivity index (χ1n) is 8.98. The lowest BCUT2D eigenvalue weighted by atomic mass is 10.1. The van der Waals surface area contributed by atoms with Crippen LogP contribution in [0.15, 0.2) is 48.5 Å². The summed E-state index contributed by atoms with van der Waals surface area (Å²) in [6, 6.07) is 13.5. The van der Waals surface area contributed by atoms with E-state index in [4.69, 9.17) is 14.2 Å². The molecule has 1 aliphatic heterocycles. The van der Waals surface area contributed by atoms with Crippen LogP contribution in [0.25, 0.3) is 0 Å². The number of halogens is 1. The van der Waals surface area contributed by atoms with E-state index < -0.39 is 5.82 Å². The van der Waals surface area contributed by atoms with Crippen molar-refractivity contribution in [3.05, 3.63) is 76.9 Å². The van der Waals surface area contributed by atoms with Gasteiger partial charge in [0.05, 0.1) is 0 Å². The molecule has 2 aromatic carbocycles. The lowest BCUT2D eigenvalue weighted by molar-refractivity contribution is 0.0920. The van der Waals surface area contributed by atoms with Gasteiger partial charge < -0.3 is 18.8 Å². The molecule has 3 aromatic rings. The summed E-state index contributed by atoms with van der Waals surface area (Å²) in [4.78, 5) is 12.6. The monoisotopic (exact) mass is 381 g/mol. The number of hydrogen-bond acceptors (Lipinski definition) is 4. The summed E-state index contributed by atoms with van der Waals surface area (Å²) in [5, 5.41) is 0. The fourth-order valence-electron chi connectivity index (χ4n) is 3.33. The van der Waals surface area contributed by atoms with Crippen molar-refractivity contribution in [2.24, 2.45) is 0 Å². The zero-order valence-electron chi connectivity index (χ0n) is 15.7. The number of rotatable bonds is 6. The molecule has 0 aliphatic carbocycles. The minimum Gasteiger partial charge on any atom is -0.485 e. The van der Waals surface area contributed by atoms with Crippen LogP contribution < -0.4 is 14.2 Å². The summed E-state index contributed by atoms with van der Waals surface area (Å²) >= 11 is 0. The summed E-state index contributed by atoms with van der Waals surface area (Å²) in [6.07, 6.45) is 0. The van der Waals surface area contributed by atoms with Crippen LogP contribution in [0, 0.1) is 19.7 Å². The van der Waals surface area contributed by atoms with E-state index in [0.29, 0.717) is 17.9 Å². The van der Waals surface area contributed by atoms with Gasteiger partial charge in [-0.25, -0.2) is 4.39 Å². The number of hydrogen-bond donors (Lipinski definition) is 0. The number of carbonyl (C=O) groups excluding carboxylic acids is 1. The van der Waals surface area contributed by atoms with Crippen LogP contribution in [0.1, 0.15) is 27.3 Å². The van der Waals surface area contributed by atoms with E-state index in [1.165, 1.54) is 12.1 Å². The maximum Gasteiger partial charge on any atom is 0.231 e. The number of aryl methyl sites for hydroxylation is 1. The Bertz CT molecular complexity index is 1040. The third-order valence-electron chi connectivity index (χ3n) is 4.82. The lowest BCUT2D eigenvalue weighted by Gasteiger charge is -2.11. The maximum atomic E-state index is 13.2. The highest BCUT2D eigenvalue weighted by molar-refractivity contribution is 5.98. The van der Waals surface area contributed by atoms with E-state index in [1.807, 2.05) is 38.1 Å². The molecule has 0 atom stereocenters. The third kappa shape index (κ3) is 3.58. The summed E-state index contributed by atoms with van der Waals surface area (Å²) in [7, 11) is 0. The number of fused-ring (bicyclic) bond motifs is 1. The van der Waals surface area contributed by atoms with E-state index >= 15 is 0 Å². The molecule has 1 aliphatic rings. The quantitative estimate of drug-likeness (QED) is 0.598. The first-order valence-corrected chi connectivity index (χ1v) is 8.98. The zero-order valence-corrected chi connectivity index (χ0v) is 15.7. The van der Waals surface area contributed by atoms with Gasteiger partial charge in [0.1, 0.15) is 11.6 Å². The smallest absolute Gasteiger partial charge is 0.231 e. The molecular weight excluding hydrogens is 361 g/mol. The van der Waals surface area contributed by atoms with Crippen LogP contribution in [-0.2, 0) is 6.54 Å².